The summed E-state index contributed by atoms with van der Waals surface area (Å²) in [6, 6.07) is 0. The lowest BCUT2D eigenvalue weighted by Gasteiger charge is -1.93. The topological polar surface area (TPSA) is 21.7 Å². The number of aryl methyl sites for hydroxylation is 1. The Morgan fingerprint density at radius 3 is 3.31 bits per heavy atom. The van der Waals surface area contributed by atoms with Gasteiger partial charge in [0.2, 0.25) is 6.54 Å². The summed E-state index contributed by atoms with van der Waals surface area (Å²) in [6.07, 6.45) is 2.81. The second-order valence-corrected chi connectivity index (χ2v) is 3.70. The van der Waals surface area contributed by atoms with E-state index in [4.69, 9.17) is 6.57 Å². The molecule has 0 saturated carbocycles. The van der Waals surface area contributed by atoms with Crippen LogP contribution in [0.2, 0.25) is 0 Å². The first-order valence-electron chi connectivity index (χ1n) is 4.07. The van der Waals surface area contributed by atoms with E-state index in [0.29, 0.717) is 6.54 Å². The van der Waals surface area contributed by atoms with Crippen molar-refractivity contribution in [2.45, 2.75) is 13.3 Å². The third-order valence-electron chi connectivity index (χ3n) is 2.02. The van der Waals surface area contributed by atoms with Crippen LogP contribution in [0, 0.1) is 13.5 Å². The van der Waals surface area contributed by atoms with Crippen LogP contribution in [0.25, 0.3) is 9.81 Å². The van der Waals surface area contributed by atoms with Crippen LogP contribution in [0.1, 0.15) is 11.4 Å². The van der Waals surface area contributed by atoms with E-state index in [0.717, 1.165) is 17.1 Å². The SMILES string of the molecule is [C-]#[N+]CCc1c(C)nc2sccn12. The van der Waals surface area contributed by atoms with Crippen LogP contribution in [-0.2, 0) is 6.42 Å². The Bertz CT molecular complexity index is 461. The van der Waals surface area contributed by atoms with Gasteiger partial charge in [-0.3, -0.25) is 4.40 Å². The molecule has 0 N–H and O–H groups in total. The van der Waals surface area contributed by atoms with Crippen LogP contribution >= 0.6 is 11.3 Å². The number of rotatable bonds is 2. The minimum absolute atomic E-state index is 0.546. The van der Waals surface area contributed by atoms with Gasteiger partial charge in [-0.2, -0.15) is 0 Å². The monoisotopic (exact) mass is 191 g/mol. The summed E-state index contributed by atoms with van der Waals surface area (Å²) < 4.78 is 2.07. The van der Waals surface area contributed by atoms with Crippen molar-refractivity contribution in [3.8, 4) is 0 Å². The lowest BCUT2D eigenvalue weighted by atomic mass is 10.2. The molecule has 3 nitrogen and oxygen atoms in total. The molecular formula is C9H9N3S. The van der Waals surface area contributed by atoms with Gasteiger partial charge in [0.15, 0.2) is 4.96 Å². The van der Waals surface area contributed by atoms with E-state index in [1.54, 1.807) is 11.3 Å². The van der Waals surface area contributed by atoms with Crippen molar-refractivity contribution in [2.75, 3.05) is 6.54 Å². The highest BCUT2D eigenvalue weighted by atomic mass is 32.1. The van der Waals surface area contributed by atoms with Crippen LogP contribution in [0.5, 0.6) is 0 Å². The quantitative estimate of drug-likeness (QED) is 0.667. The minimum atomic E-state index is 0.546. The van der Waals surface area contributed by atoms with E-state index in [-0.39, 0.29) is 0 Å². The molecule has 13 heavy (non-hydrogen) atoms. The fraction of sp³-hybridized carbons (Fsp3) is 0.333. The maximum atomic E-state index is 6.74. The molecule has 0 amide bonds. The number of aromatic nitrogens is 2. The Balaban J connectivity index is 2.46. The second kappa shape index (κ2) is 3.19. The Kier molecular flexibility index (Phi) is 2.03. The molecule has 2 aromatic heterocycles. The van der Waals surface area contributed by atoms with Gasteiger partial charge in [0.25, 0.3) is 0 Å². The summed E-state index contributed by atoms with van der Waals surface area (Å²) in [4.78, 5) is 8.79. The van der Waals surface area contributed by atoms with Gasteiger partial charge >= 0.3 is 0 Å². The van der Waals surface area contributed by atoms with Crippen molar-refractivity contribution in [1.82, 2.24) is 9.38 Å². The van der Waals surface area contributed by atoms with Gasteiger partial charge < -0.3 is 4.85 Å². The van der Waals surface area contributed by atoms with Crippen LogP contribution in [0.4, 0.5) is 0 Å². The zero-order valence-electron chi connectivity index (χ0n) is 7.32. The fourth-order valence-electron chi connectivity index (χ4n) is 1.40. The first-order chi connectivity index (χ1) is 6.33. The molecule has 0 fully saturated rings. The van der Waals surface area contributed by atoms with E-state index in [9.17, 15) is 0 Å². The first-order valence-corrected chi connectivity index (χ1v) is 4.95. The van der Waals surface area contributed by atoms with E-state index >= 15 is 0 Å². The Hall–Kier alpha value is -1.34. The largest absolute Gasteiger partial charge is 0.317 e. The number of hydrogen-bond acceptors (Lipinski definition) is 2. The average Bonchev–Trinajstić information content (AvgIpc) is 2.62. The zero-order chi connectivity index (χ0) is 9.26. The molecule has 0 aromatic carbocycles. The molecule has 0 atom stereocenters. The predicted molar refractivity (Wildman–Crippen MR) is 53.0 cm³/mol. The lowest BCUT2D eigenvalue weighted by molar-refractivity contribution is 0.958. The third-order valence-corrected chi connectivity index (χ3v) is 2.78. The molecule has 0 aliphatic carbocycles. The van der Waals surface area contributed by atoms with Crippen LogP contribution in [-0.4, -0.2) is 15.9 Å². The molecule has 0 radical (unpaired) electrons. The van der Waals surface area contributed by atoms with Crippen LogP contribution in [0.15, 0.2) is 11.6 Å². The van der Waals surface area contributed by atoms with E-state index in [1.807, 2.05) is 18.5 Å². The molecule has 2 aromatic rings. The van der Waals surface area contributed by atoms with Gasteiger partial charge in [0.05, 0.1) is 17.8 Å². The molecular weight excluding hydrogens is 182 g/mol. The summed E-state index contributed by atoms with van der Waals surface area (Å²) in [7, 11) is 0. The maximum Gasteiger partial charge on any atom is 0.220 e. The fourth-order valence-corrected chi connectivity index (χ4v) is 2.18. The summed E-state index contributed by atoms with van der Waals surface area (Å²) in [5.41, 5.74) is 2.22. The van der Waals surface area contributed by atoms with E-state index in [1.165, 1.54) is 5.69 Å². The van der Waals surface area contributed by atoms with Crippen molar-refractivity contribution in [3.63, 3.8) is 0 Å². The van der Waals surface area contributed by atoms with Gasteiger partial charge in [-0.05, 0) is 6.92 Å². The Labute approximate surface area is 80.5 Å². The predicted octanol–water partition coefficient (Wildman–Crippen LogP) is 2.17. The molecule has 0 aliphatic heterocycles. The van der Waals surface area contributed by atoms with E-state index < -0.39 is 0 Å². The van der Waals surface area contributed by atoms with Crippen molar-refractivity contribution in [3.05, 3.63) is 34.4 Å². The molecule has 0 spiro atoms. The summed E-state index contributed by atoms with van der Waals surface area (Å²) in [5.74, 6) is 0. The molecule has 0 bridgehead atoms. The molecule has 2 heterocycles. The van der Waals surface area contributed by atoms with Gasteiger partial charge in [-0.1, -0.05) is 0 Å². The van der Waals surface area contributed by atoms with Gasteiger partial charge in [0, 0.05) is 11.6 Å². The molecule has 2 rings (SSSR count). The minimum Gasteiger partial charge on any atom is -0.317 e. The number of imidazole rings is 1. The normalized spacial score (nSPS) is 10.5. The second-order valence-electron chi connectivity index (χ2n) is 2.83. The Morgan fingerprint density at radius 1 is 1.69 bits per heavy atom. The molecule has 4 heteroatoms. The van der Waals surface area contributed by atoms with E-state index in [2.05, 4.69) is 14.2 Å². The molecule has 0 aliphatic rings. The summed E-state index contributed by atoms with van der Waals surface area (Å²) in [6.45, 7) is 9.29. The molecule has 66 valence electrons. The van der Waals surface area contributed by atoms with Crippen molar-refractivity contribution in [1.29, 1.82) is 0 Å². The summed E-state index contributed by atoms with van der Waals surface area (Å²) in [5, 5.41) is 2.02. The maximum absolute atomic E-state index is 6.74. The molecule has 0 unspecified atom stereocenters. The zero-order valence-corrected chi connectivity index (χ0v) is 8.14. The highest BCUT2D eigenvalue weighted by molar-refractivity contribution is 7.15. The highest BCUT2D eigenvalue weighted by Crippen LogP contribution is 2.16. The van der Waals surface area contributed by atoms with Gasteiger partial charge in [-0.15, -0.1) is 11.3 Å². The van der Waals surface area contributed by atoms with Crippen LogP contribution in [0.3, 0.4) is 0 Å². The third kappa shape index (κ3) is 1.31. The lowest BCUT2D eigenvalue weighted by Crippen LogP contribution is -1.94. The number of thiazole rings is 1. The number of nitrogens with zero attached hydrogens (tertiary/aromatic N) is 3. The highest BCUT2D eigenvalue weighted by Gasteiger charge is 2.09. The molecule has 0 saturated heterocycles. The average molecular weight is 191 g/mol. The van der Waals surface area contributed by atoms with Crippen molar-refractivity contribution < 1.29 is 0 Å². The van der Waals surface area contributed by atoms with Gasteiger partial charge in [0.1, 0.15) is 0 Å². The first kappa shape index (κ1) is 8.27. The van der Waals surface area contributed by atoms with Crippen molar-refractivity contribution >= 4 is 16.3 Å². The number of fused-ring (bicyclic) bond motifs is 1. The van der Waals surface area contributed by atoms with Gasteiger partial charge in [-0.25, -0.2) is 11.6 Å². The van der Waals surface area contributed by atoms with Crippen molar-refractivity contribution in [2.24, 2.45) is 0 Å². The smallest absolute Gasteiger partial charge is 0.220 e. The standard InChI is InChI=1S/C9H9N3S/c1-7-8(3-4-10-2)12-5-6-13-9(12)11-7/h5-6H,3-4H2,1H3. The number of hydrogen-bond donors (Lipinski definition) is 0. The summed E-state index contributed by atoms with van der Waals surface area (Å²) >= 11 is 1.63. The van der Waals surface area contributed by atoms with Crippen LogP contribution < -0.4 is 0 Å². The Morgan fingerprint density at radius 2 is 2.54 bits per heavy atom.